The molecule has 1 atom stereocenters. The van der Waals surface area contributed by atoms with E-state index in [1.54, 1.807) is 35.0 Å². The van der Waals surface area contributed by atoms with Gasteiger partial charge in [-0.2, -0.15) is 0 Å². The Kier molecular flexibility index (Phi) is 12.0. The summed E-state index contributed by atoms with van der Waals surface area (Å²) in [6, 6.07) is 3.94. The van der Waals surface area contributed by atoms with E-state index in [2.05, 4.69) is 6.08 Å². The van der Waals surface area contributed by atoms with E-state index in [9.17, 15) is 15.0 Å². The molecule has 0 saturated heterocycles. The van der Waals surface area contributed by atoms with Gasteiger partial charge >= 0.3 is 0 Å². The molecule has 188 valence electrons. The number of carbonyl (C=O) groups is 1. The van der Waals surface area contributed by atoms with Crippen LogP contribution in [0.15, 0.2) is 59.2 Å². The standard InChI is InChI=1S/C29H42O5/c1-20(10-9-11-22(3)27(31)14-15-29(5,6)32)16-25(30)17-21(2)12-13-24-19-26(33-7)18-23(4)28(24)34-8/h11-12,14-16,18-19,25,30,32H,9-10,13,17H2,1-8H3. The lowest BCUT2D eigenvalue weighted by Gasteiger charge is -2.13. The monoisotopic (exact) mass is 470 g/mol. The van der Waals surface area contributed by atoms with Crippen molar-refractivity contribution in [3.05, 3.63) is 70.4 Å². The maximum atomic E-state index is 12.1. The highest BCUT2D eigenvalue weighted by molar-refractivity contribution is 6.03. The fraction of sp³-hybridized carbons (Fsp3) is 0.483. The summed E-state index contributed by atoms with van der Waals surface area (Å²) in [6.45, 7) is 11.0. The Hall–Kier alpha value is -2.63. The molecule has 0 saturated carbocycles. The third kappa shape index (κ3) is 11.0. The zero-order valence-electron chi connectivity index (χ0n) is 22.1. The summed E-state index contributed by atoms with van der Waals surface area (Å²) in [7, 11) is 3.33. The number of aliphatic hydroxyl groups excluding tert-OH is 1. The molecule has 1 aromatic rings. The maximum absolute atomic E-state index is 12.1. The molecule has 0 aliphatic rings. The van der Waals surface area contributed by atoms with Crippen LogP contribution in [0.4, 0.5) is 0 Å². The summed E-state index contributed by atoms with van der Waals surface area (Å²) in [6.07, 6.45) is 11.0. The molecule has 5 heteroatoms. The zero-order chi connectivity index (χ0) is 25.9. The van der Waals surface area contributed by atoms with E-state index in [4.69, 9.17) is 9.47 Å². The van der Waals surface area contributed by atoms with E-state index in [1.165, 1.54) is 12.2 Å². The summed E-state index contributed by atoms with van der Waals surface area (Å²) in [5, 5.41) is 20.2. The van der Waals surface area contributed by atoms with Crippen molar-refractivity contribution in [2.24, 2.45) is 0 Å². The van der Waals surface area contributed by atoms with Gasteiger partial charge in [-0.05, 0) is 103 Å². The largest absolute Gasteiger partial charge is 0.497 e. The molecular formula is C29H42O5. The molecule has 0 bridgehead atoms. The number of benzene rings is 1. The smallest absolute Gasteiger partial charge is 0.180 e. The molecule has 0 radical (unpaired) electrons. The molecule has 0 amide bonds. The van der Waals surface area contributed by atoms with Gasteiger partial charge in [0.1, 0.15) is 11.5 Å². The SMILES string of the molecule is COc1cc(C)c(OC)c(CC=C(C)CC(O)C=C(C)CCC=C(C)C(=O)C=CC(C)(C)O)c1. The van der Waals surface area contributed by atoms with Crippen molar-refractivity contribution in [1.29, 1.82) is 0 Å². The first kappa shape index (κ1) is 29.4. The van der Waals surface area contributed by atoms with Crippen LogP contribution in [0.1, 0.15) is 65.0 Å². The van der Waals surface area contributed by atoms with Gasteiger partial charge < -0.3 is 19.7 Å². The minimum absolute atomic E-state index is 0.104. The van der Waals surface area contributed by atoms with Crippen LogP contribution < -0.4 is 9.47 Å². The van der Waals surface area contributed by atoms with Crippen molar-refractivity contribution in [3.8, 4) is 11.5 Å². The van der Waals surface area contributed by atoms with Gasteiger partial charge in [-0.15, -0.1) is 0 Å². The Bertz CT molecular complexity index is 942. The van der Waals surface area contributed by atoms with Crippen LogP contribution in [0.25, 0.3) is 0 Å². The quantitative estimate of drug-likeness (QED) is 0.281. The van der Waals surface area contributed by atoms with Crippen LogP contribution >= 0.6 is 0 Å². The van der Waals surface area contributed by atoms with Crippen molar-refractivity contribution in [1.82, 2.24) is 0 Å². The second-order valence-corrected chi connectivity index (χ2v) is 9.45. The van der Waals surface area contributed by atoms with E-state index in [-0.39, 0.29) is 5.78 Å². The highest BCUT2D eigenvalue weighted by Crippen LogP contribution is 2.29. The summed E-state index contributed by atoms with van der Waals surface area (Å²) < 4.78 is 10.9. The number of ether oxygens (including phenoxy) is 2. The normalized spacial score (nSPS) is 14.5. The van der Waals surface area contributed by atoms with Crippen molar-refractivity contribution in [2.45, 2.75) is 78.9 Å². The number of aliphatic hydroxyl groups is 2. The minimum atomic E-state index is -1.00. The third-order valence-corrected chi connectivity index (χ3v) is 5.46. The number of ketones is 1. The number of methoxy groups -OCH3 is 2. The number of hydrogen-bond donors (Lipinski definition) is 2. The van der Waals surface area contributed by atoms with Gasteiger partial charge in [0.25, 0.3) is 0 Å². The van der Waals surface area contributed by atoms with Gasteiger partial charge in [0.05, 0.1) is 25.9 Å². The van der Waals surface area contributed by atoms with Crippen LogP contribution in [0.3, 0.4) is 0 Å². The Morgan fingerprint density at radius 2 is 1.76 bits per heavy atom. The van der Waals surface area contributed by atoms with E-state index >= 15 is 0 Å². The lowest BCUT2D eigenvalue weighted by atomic mass is 10.0. The zero-order valence-corrected chi connectivity index (χ0v) is 22.1. The molecule has 0 aliphatic carbocycles. The van der Waals surface area contributed by atoms with Gasteiger partial charge in [0.15, 0.2) is 5.78 Å². The van der Waals surface area contributed by atoms with Crippen molar-refractivity contribution in [3.63, 3.8) is 0 Å². The maximum Gasteiger partial charge on any atom is 0.180 e. The van der Waals surface area contributed by atoms with E-state index in [0.717, 1.165) is 40.2 Å². The number of rotatable bonds is 13. The van der Waals surface area contributed by atoms with Crippen molar-refractivity contribution in [2.75, 3.05) is 14.2 Å². The first-order valence-corrected chi connectivity index (χ1v) is 11.7. The molecule has 1 unspecified atom stereocenters. The van der Waals surface area contributed by atoms with Crippen molar-refractivity contribution >= 4 is 5.78 Å². The molecule has 1 rings (SSSR count). The molecule has 5 nitrogen and oxygen atoms in total. The second-order valence-electron chi connectivity index (χ2n) is 9.45. The van der Waals surface area contributed by atoms with Gasteiger partial charge in [0.2, 0.25) is 0 Å². The topological polar surface area (TPSA) is 76.0 Å². The number of aryl methyl sites for hydroxylation is 1. The second kappa shape index (κ2) is 13.9. The van der Waals surface area contributed by atoms with Crippen LogP contribution in [-0.4, -0.2) is 41.9 Å². The lowest BCUT2D eigenvalue weighted by Crippen LogP contribution is -2.14. The molecule has 0 aromatic heterocycles. The van der Waals surface area contributed by atoms with Crippen molar-refractivity contribution < 1.29 is 24.5 Å². The lowest BCUT2D eigenvalue weighted by molar-refractivity contribution is -0.111. The van der Waals surface area contributed by atoms with Crippen LogP contribution in [-0.2, 0) is 11.2 Å². The molecule has 0 aliphatic heterocycles. The molecule has 0 heterocycles. The predicted octanol–water partition coefficient (Wildman–Crippen LogP) is 5.82. The fourth-order valence-corrected chi connectivity index (χ4v) is 3.57. The average Bonchev–Trinajstić information content (AvgIpc) is 2.74. The third-order valence-electron chi connectivity index (χ3n) is 5.46. The summed E-state index contributed by atoms with van der Waals surface area (Å²) >= 11 is 0. The highest BCUT2D eigenvalue weighted by Gasteiger charge is 2.10. The van der Waals surface area contributed by atoms with Crippen LogP contribution in [0.2, 0.25) is 0 Å². The summed E-state index contributed by atoms with van der Waals surface area (Å²) in [5.41, 5.74) is 3.90. The minimum Gasteiger partial charge on any atom is -0.497 e. The van der Waals surface area contributed by atoms with Crippen LogP contribution in [0, 0.1) is 6.92 Å². The van der Waals surface area contributed by atoms with Gasteiger partial charge in [-0.1, -0.05) is 29.4 Å². The molecule has 0 spiro atoms. The molecule has 34 heavy (non-hydrogen) atoms. The Morgan fingerprint density at radius 3 is 2.35 bits per heavy atom. The first-order valence-electron chi connectivity index (χ1n) is 11.7. The van der Waals surface area contributed by atoms with Gasteiger partial charge in [0, 0.05) is 5.56 Å². The summed E-state index contributed by atoms with van der Waals surface area (Å²) in [5.74, 6) is 1.56. The van der Waals surface area contributed by atoms with E-state index in [0.29, 0.717) is 24.8 Å². The number of hydrogen-bond acceptors (Lipinski definition) is 5. The summed E-state index contributed by atoms with van der Waals surface area (Å²) in [4.78, 5) is 12.1. The predicted molar refractivity (Wildman–Crippen MR) is 140 cm³/mol. The Labute approximate surface area is 205 Å². The average molecular weight is 471 g/mol. The number of carbonyl (C=O) groups excluding carboxylic acids is 1. The van der Waals surface area contributed by atoms with E-state index in [1.807, 2.05) is 45.1 Å². The van der Waals surface area contributed by atoms with Crippen LogP contribution in [0.5, 0.6) is 11.5 Å². The van der Waals surface area contributed by atoms with Gasteiger partial charge in [-0.3, -0.25) is 4.79 Å². The Balaban J connectivity index is 2.66. The first-order chi connectivity index (χ1) is 15.9. The highest BCUT2D eigenvalue weighted by atomic mass is 16.5. The molecule has 0 fully saturated rings. The molecule has 1 aromatic carbocycles. The van der Waals surface area contributed by atoms with E-state index < -0.39 is 11.7 Å². The van der Waals surface area contributed by atoms with Gasteiger partial charge in [-0.25, -0.2) is 0 Å². The molecule has 2 N–H and O–H groups in total. The fourth-order valence-electron chi connectivity index (χ4n) is 3.57. The Morgan fingerprint density at radius 1 is 1.09 bits per heavy atom. The molecular weight excluding hydrogens is 428 g/mol. The number of allylic oxidation sites excluding steroid dienone is 5.